The average Bonchev–Trinajstić information content (AvgIpc) is 2.63. The number of halogens is 1. The van der Waals surface area contributed by atoms with Crippen molar-refractivity contribution in [3.63, 3.8) is 0 Å². The first-order chi connectivity index (χ1) is 12.2. The van der Waals surface area contributed by atoms with Crippen LogP contribution in [0.15, 0.2) is 63.0 Å². The Balaban J connectivity index is 1.35. The van der Waals surface area contributed by atoms with E-state index >= 15 is 0 Å². The van der Waals surface area contributed by atoms with Crippen LogP contribution in [0.1, 0.15) is 19.3 Å². The number of benzene rings is 2. The Bertz CT molecular complexity index is 898. The summed E-state index contributed by atoms with van der Waals surface area (Å²) < 4.78 is 6.67. The number of nitrogens with zero attached hydrogens (tertiary/aromatic N) is 1. The molecule has 0 bridgehead atoms. The summed E-state index contributed by atoms with van der Waals surface area (Å²) in [6, 6.07) is 14.5. The second-order valence-corrected chi connectivity index (χ2v) is 7.59. The molecule has 4 nitrogen and oxygen atoms in total. The first kappa shape index (κ1) is 18.0. The minimum Gasteiger partial charge on any atom is -0.494 e. The van der Waals surface area contributed by atoms with E-state index in [-0.39, 0.29) is 5.69 Å². The number of hydrogen-bond donors (Lipinski definition) is 1. The minimum atomic E-state index is -0.311. The zero-order valence-electron chi connectivity index (χ0n) is 13.7. The van der Waals surface area contributed by atoms with Gasteiger partial charge in [0.15, 0.2) is 0 Å². The normalized spacial score (nSPS) is 10.9. The van der Waals surface area contributed by atoms with Crippen LogP contribution in [0, 0.1) is 0 Å². The van der Waals surface area contributed by atoms with Gasteiger partial charge in [0.05, 0.1) is 16.1 Å². The number of unbranched alkanes of at least 4 members (excludes halogenated alkanes) is 2. The van der Waals surface area contributed by atoms with Crippen molar-refractivity contribution in [1.82, 2.24) is 9.97 Å². The van der Waals surface area contributed by atoms with Gasteiger partial charge in [0.1, 0.15) is 5.75 Å². The zero-order chi connectivity index (χ0) is 17.5. The number of ether oxygens (including phenoxy) is 1. The van der Waals surface area contributed by atoms with Crippen molar-refractivity contribution in [3.05, 3.63) is 63.6 Å². The molecule has 0 unspecified atom stereocenters. The summed E-state index contributed by atoms with van der Waals surface area (Å²) in [5, 5.41) is 3.27. The number of hydrogen-bond acceptors (Lipinski definition) is 4. The molecular formula is C19H19BrN2O2S. The Morgan fingerprint density at radius 3 is 2.80 bits per heavy atom. The molecule has 1 N–H and O–H groups in total. The van der Waals surface area contributed by atoms with Crippen LogP contribution in [0.5, 0.6) is 5.75 Å². The first-order valence-corrected chi connectivity index (χ1v) is 9.99. The Kier molecular flexibility index (Phi) is 6.53. The van der Waals surface area contributed by atoms with Crippen LogP contribution in [-0.2, 0) is 0 Å². The molecule has 0 atom stereocenters. The second kappa shape index (κ2) is 9.06. The Morgan fingerprint density at radius 2 is 1.92 bits per heavy atom. The fourth-order valence-corrected chi connectivity index (χ4v) is 3.92. The van der Waals surface area contributed by atoms with E-state index in [0.717, 1.165) is 46.9 Å². The Morgan fingerprint density at radius 1 is 1.08 bits per heavy atom. The van der Waals surface area contributed by atoms with Crippen LogP contribution in [-0.4, -0.2) is 22.3 Å². The average molecular weight is 419 g/mol. The van der Waals surface area contributed by atoms with E-state index in [0.29, 0.717) is 0 Å². The van der Waals surface area contributed by atoms with E-state index in [4.69, 9.17) is 4.74 Å². The zero-order valence-corrected chi connectivity index (χ0v) is 16.1. The van der Waals surface area contributed by atoms with Crippen LogP contribution in [0.3, 0.4) is 0 Å². The third-order valence-electron chi connectivity index (χ3n) is 3.76. The summed E-state index contributed by atoms with van der Waals surface area (Å²) >= 11 is 5.03. The van der Waals surface area contributed by atoms with E-state index in [9.17, 15) is 4.79 Å². The third-order valence-corrected chi connectivity index (χ3v) is 5.72. The lowest BCUT2D eigenvalue weighted by Gasteiger charge is -2.07. The van der Waals surface area contributed by atoms with Crippen LogP contribution in [0.4, 0.5) is 0 Å². The summed E-state index contributed by atoms with van der Waals surface area (Å²) in [7, 11) is 0. The molecule has 3 rings (SSSR count). The third kappa shape index (κ3) is 5.34. The number of rotatable bonds is 8. The van der Waals surface area contributed by atoms with Gasteiger partial charge in [-0.2, -0.15) is 0 Å². The molecule has 0 aliphatic carbocycles. The van der Waals surface area contributed by atoms with Crippen molar-refractivity contribution in [2.24, 2.45) is 0 Å². The van der Waals surface area contributed by atoms with Gasteiger partial charge in [-0.05, 0) is 63.9 Å². The van der Waals surface area contributed by atoms with Gasteiger partial charge in [-0.1, -0.05) is 30.3 Å². The maximum absolute atomic E-state index is 11.2. The van der Waals surface area contributed by atoms with Gasteiger partial charge >= 0.3 is 5.69 Å². The summed E-state index contributed by atoms with van der Waals surface area (Å²) in [5.41, 5.74) is -0.311. The maximum atomic E-state index is 11.2. The van der Waals surface area contributed by atoms with Crippen LogP contribution >= 0.6 is 27.7 Å². The molecule has 0 spiro atoms. The predicted octanol–water partition coefficient (Wildman–Crippen LogP) is 5.03. The molecule has 0 radical (unpaired) electrons. The minimum absolute atomic E-state index is 0.311. The maximum Gasteiger partial charge on any atom is 0.345 e. The van der Waals surface area contributed by atoms with Crippen LogP contribution in [0.25, 0.3) is 10.8 Å². The van der Waals surface area contributed by atoms with Crippen molar-refractivity contribution in [1.29, 1.82) is 0 Å². The highest BCUT2D eigenvalue weighted by Crippen LogP contribution is 2.24. The lowest BCUT2D eigenvalue weighted by Crippen LogP contribution is -2.10. The van der Waals surface area contributed by atoms with E-state index < -0.39 is 0 Å². The molecule has 130 valence electrons. The number of fused-ring (bicyclic) bond motifs is 1. The predicted molar refractivity (Wildman–Crippen MR) is 107 cm³/mol. The highest BCUT2D eigenvalue weighted by Gasteiger charge is 2.02. The molecular weight excluding hydrogens is 400 g/mol. The molecule has 0 saturated heterocycles. The Labute approximate surface area is 159 Å². The fourth-order valence-electron chi connectivity index (χ4n) is 2.47. The Hall–Kier alpha value is -1.79. The molecule has 25 heavy (non-hydrogen) atoms. The van der Waals surface area contributed by atoms with Crippen LogP contribution < -0.4 is 10.4 Å². The van der Waals surface area contributed by atoms with Gasteiger partial charge in [-0.3, -0.25) is 4.98 Å². The quantitative estimate of drug-likeness (QED) is 0.316. The first-order valence-electron chi connectivity index (χ1n) is 8.21. The number of thioether (sulfide) groups is 1. The van der Waals surface area contributed by atoms with Gasteiger partial charge in [0, 0.05) is 6.20 Å². The standard InChI is InChI=1S/C19H19BrN2O2S/c20-17-13-21-19(23)22-18(17)25-11-5-1-4-10-24-16-9-8-14-6-2-3-7-15(14)12-16/h2-3,6-9,12-13H,1,4-5,10-11H2,(H,21,22,23). The smallest absolute Gasteiger partial charge is 0.345 e. The van der Waals surface area contributed by atoms with Crippen molar-refractivity contribution < 1.29 is 4.74 Å². The van der Waals surface area contributed by atoms with E-state index in [1.165, 1.54) is 10.8 Å². The van der Waals surface area contributed by atoms with Gasteiger partial charge in [-0.25, -0.2) is 9.78 Å². The second-order valence-electron chi connectivity index (χ2n) is 5.63. The summed E-state index contributed by atoms with van der Waals surface area (Å²) in [4.78, 5) is 17.6. The molecule has 0 saturated carbocycles. The number of H-pyrrole nitrogens is 1. The topological polar surface area (TPSA) is 55.0 Å². The van der Waals surface area contributed by atoms with E-state index in [1.54, 1.807) is 18.0 Å². The summed E-state index contributed by atoms with van der Waals surface area (Å²) in [6.07, 6.45) is 4.72. The molecule has 1 aromatic heterocycles. The SMILES string of the molecule is O=c1ncc(Br)c(SCCCCCOc2ccc3ccccc3c2)[nH]1. The highest BCUT2D eigenvalue weighted by molar-refractivity contribution is 9.10. The number of nitrogens with one attached hydrogen (secondary N) is 1. The van der Waals surface area contributed by atoms with Crippen molar-refractivity contribution >= 4 is 38.5 Å². The van der Waals surface area contributed by atoms with Crippen molar-refractivity contribution in [2.45, 2.75) is 24.3 Å². The van der Waals surface area contributed by atoms with Gasteiger partial charge < -0.3 is 4.74 Å². The molecule has 0 amide bonds. The molecule has 0 aliphatic heterocycles. The molecule has 0 aliphatic rings. The molecule has 0 fully saturated rings. The van der Waals surface area contributed by atoms with Gasteiger partial charge in [0.2, 0.25) is 0 Å². The summed E-state index contributed by atoms with van der Waals surface area (Å²) in [5.74, 6) is 1.88. The lowest BCUT2D eigenvalue weighted by molar-refractivity contribution is 0.307. The molecule has 6 heteroatoms. The molecule has 1 heterocycles. The van der Waals surface area contributed by atoms with E-state index in [2.05, 4.69) is 50.2 Å². The number of aromatic nitrogens is 2. The van der Waals surface area contributed by atoms with Crippen molar-refractivity contribution in [2.75, 3.05) is 12.4 Å². The fraction of sp³-hybridized carbons (Fsp3) is 0.263. The van der Waals surface area contributed by atoms with E-state index in [1.807, 2.05) is 18.2 Å². The summed E-state index contributed by atoms with van der Waals surface area (Å²) in [6.45, 7) is 0.721. The number of aromatic amines is 1. The lowest BCUT2D eigenvalue weighted by atomic mass is 10.1. The van der Waals surface area contributed by atoms with Gasteiger partial charge in [0.25, 0.3) is 0 Å². The highest BCUT2D eigenvalue weighted by atomic mass is 79.9. The molecule has 2 aromatic carbocycles. The molecule has 3 aromatic rings. The van der Waals surface area contributed by atoms with Crippen LogP contribution in [0.2, 0.25) is 0 Å². The van der Waals surface area contributed by atoms with Crippen molar-refractivity contribution in [3.8, 4) is 5.75 Å². The largest absolute Gasteiger partial charge is 0.494 e. The van der Waals surface area contributed by atoms with Gasteiger partial charge in [-0.15, -0.1) is 11.8 Å². The monoisotopic (exact) mass is 418 g/mol.